The molecule has 0 aliphatic heterocycles. The van der Waals surface area contributed by atoms with Gasteiger partial charge in [-0.25, -0.2) is 4.79 Å². The molecule has 2 aromatic carbocycles. The molecule has 0 spiro atoms. The summed E-state index contributed by atoms with van der Waals surface area (Å²) in [5.41, 5.74) is 4.62. The molecule has 1 N–H and O–H groups in total. The number of carboxylic acids is 1. The maximum atomic E-state index is 11.0. The van der Waals surface area contributed by atoms with Gasteiger partial charge in [-0.1, -0.05) is 41.9 Å². The van der Waals surface area contributed by atoms with E-state index in [0.29, 0.717) is 5.02 Å². The second-order valence-electron chi connectivity index (χ2n) is 4.13. The SMILES string of the molecule is O=C(O)/C=C1/c2ccccc2-c2ccc(Cl)cc21. The van der Waals surface area contributed by atoms with Gasteiger partial charge in [-0.2, -0.15) is 0 Å². The Morgan fingerprint density at radius 2 is 1.67 bits per heavy atom. The van der Waals surface area contributed by atoms with Gasteiger partial charge >= 0.3 is 5.97 Å². The van der Waals surface area contributed by atoms with Crippen LogP contribution in [0.2, 0.25) is 5.02 Å². The van der Waals surface area contributed by atoms with Crippen molar-refractivity contribution >= 4 is 23.1 Å². The van der Waals surface area contributed by atoms with Crippen molar-refractivity contribution < 1.29 is 9.90 Å². The Balaban J connectivity index is 2.35. The largest absolute Gasteiger partial charge is 0.478 e. The van der Waals surface area contributed by atoms with Crippen LogP contribution in [-0.2, 0) is 4.79 Å². The van der Waals surface area contributed by atoms with E-state index < -0.39 is 5.97 Å². The van der Waals surface area contributed by atoms with E-state index in [1.54, 1.807) is 0 Å². The molecule has 0 saturated heterocycles. The molecule has 2 aromatic rings. The Hall–Kier alpha value is -2.06. The van der Waals surface area contributed by atoms with Crippen LogP contribution in [0.3, 0.4) is 0 Å². The smallest absolute Gasteiger partial charge is 0.328 e. The normalized spacial score (nSPS) is 14.4. The maximum absolute atomic E-state index is 11.0. The van der Waals surface area contributed by atoms with Crippen LogP contribution in [0.15, 0.2) is 48.5 Å². The molecule has 1 aliphatic carbocycles. The van der Waals surface area contributed by atoms with Gasteiger partial charge in [0.15, 0.2) is 0 Å². The Kier molecular flexibility index (Phi) is 2.46. The molecule has 0 fully saturated rings. The highest BCUT2D eigenvalue weighted by molar-refractivity contribution is 6.31. The third-order valence-corrected chi connectivity index (χ3v) is 3.28. The predicted molar refractivity (Wildman–Crippen MR) is 71.6 cm³/mol. The van der Waals surface area contributed by atoms with Crippen molar-refractivity contribution in [2.24, 2.45) is 0 Å². The summed E-state index contributed by atoms with van der Waals surface area (Å²) in [6.45, 7) is 0. The Morgan fingerprint density at radius 3 is 2.39 bits per heavy atom. The van der Waals surface area contributed by atoms with Crippen LogP contribution in [0.4, 0.5) is 0 Å². The fourth-order valence-electron chi connectivity index (χ4n) is 2.35. The molecule has 0 bridgehead atoms. The van der Waals surface area contributed by atoms with E-state index in [1.807, 2.05) is 42.5 Å². The number of hydrogen-bond donors (Lipinski definition) is 1. The molecule has 0 amide bonds. The summed E-state index contributed by atoms with van der Waals surface area (Å²) in [6.07, 6.45) is 1.24. The molecule has 88 valence electrons. The second kappa shape index (κ2) is 4.00. The summed E-state index contributed by atoms with van der Waals surface area (Å²) in [5, 5.41) is 9.59. The summed E-state index contributed by atoms with van der Waals surface area (Å²) in [7, 11) is 0. The molecule has 18 heavy (non-hydrogen) atoms. The average molecular weight is 257 g/mol. The minimum atomic E-state index is -0.951. The molecule has 3 rings (SSSR count). The third-order valence-electron chi connectivity index (χ3n) is 3.05. The molecule has 0 atom stereocenters. The number of rotatable bonds is 1. The van der Waals surface area contributed by atoms with E-state index in [9.17, 15) is 4.79 Å². The second-order valence-corrected chi connectivity index (χ2v) is 4.57. The lowest BCUT2D eigenvalue weighted by Crippen LogP contribution is -1.91. The lowest BCUT2D eigenvalue weighted by Gasteiger charge is -2.01. The van der Waals surface area contributed by atoms with Gasteiger partial charge in [0.1, 0.15) is 0 Å². The zero-order valence-corrected chi connectivity index (χ0v) is 10.1. The molecule has 1 aliphatic rings. The van der Waals surface area contributed by atoms with Crippen LogP contribution in [0, 0.1) is 0 Å². The quantitative estimate of drug-likeness (QED) is 0.672. The van der Waals surface area contributed by atoms with Crippen molar-refractivity contribution in [3.63, 3.8) is 0 Å². The van der Waals surface area contributed by atoms with Crippen molar-refractivity contribution in [3.05, 3.63) is 64.7 Å². The summed E-state index contributed by atoms with van der Waals surface area (Å²) in [6, 6.07) is 13.3. The summed E-state index contributed by atoms with van der Waals surface area (Å²) in [4.78, 5) is 11.0. The van der Waals surface area contributed by atoms with Crippen molar-refractivity contribution in [1.29, 1.82) is 0 Å². The van der Waals surface area contributed by atoms with Gasteiger partial charge in [0.2, 0.25) is 0 Å². The van der Waals surface area contributed by atoms with E-state index in [2.05, 4.69) is 0 Å². The molecule has 0 saturated carbocycles. The summed E-state index contributed by atoms with van der Waals surface area (Å²) in [5.74, 6) is -0.951. The Morgan fingerprint density at radius 1 is 1.00 bits per heavy atom. The van der Waals surface area contributed by atoms with Crippen LogP contribution < -0.4 is 0 Å². The minimum absolute atomic E-state index is 0.609. The Bertz CT molecular complexity index is 687. The van der Waals surface area contributed by atoms with E-state index in [1.165, 1.54) is 6.08 Å². The number of benzene rings is 2. The van der Waals surface area contributed by atoms with E-state index in [-0.39, 0.29) is 0 Å². The molecule has 2 nitrogen and oxygen atoms in total. The topological polar surface area (TPSA) is 37.3 Å². The third kappa shape index (κ3) is 1.62. The summed E-state index contributed by atoms with van der Waals surface area (Å²) < 4.78 is 0. The van der Waals surface area contributed by atoms with Gasteiger partial charge in [-0.15, -0.1) is 0 Å². The molecular weight excluding hydrogens is 248 g/mol. The van der Waals surface area contributed by atoms with Gasteiger partial charge in [-0.3, -0.25) is 0 Å². The zero-order valence-electron chi connectivity index (χ0n) is 9.35. The molecule has 0 unspecified atom stereocenters. The minimum Gasteiger partial charge on any atom is -0.478 e. The number of aliphatic carboxylic acids is 1. The first-order chi connectivity index (χ1) is 8.66. The first kappa shape index (κ1) is 11.1. The molecule has 0 heterocycles. The Labute approximate surface area is 109 Å². The number of fused-ring (bicyclic) bond motifs is 3. The zero-order chi connectivity index (χ0) is 12.7. The number of halogens is 1. The van der Waals surface area contributed by atoms with Gasteiger partial charge in [0, 0.05) is 11.1 Å². The van der Waals surface area contributed by atoms with E-state index >= 15 is 0 Å². The highest BCUT2D eigenvalue weighted by Crippen LogP contribution is 2.44. The standard InChI is InChI=1S/C15H9ClO2/c16-9-5-6-12-10-3-1-2-4-11(10)14(8-15(17)18)13(12)7-9/h1-8H,(H,17,18)/b14-8-. The van der Waals surface area contributed by atoms with Crippen molar-refractivity contribution in [1.82, 2.24) is 0 Å². The van der Waals surface area contributed by atoms with Crippen LogP contribution in [-0.4, -0.2) is 11.1 Å². The molecule has 0 aromatic heterocycles. The summed E-state index contributed by atoms with van der Waals surface area (Å²) >= 11 is 5.99. The van der Waals surface area contributed by atoms with E-state index in [4.69, 9.17) is 16.7 Å². The molecule has 3 heteroatoms. The van der Waals surface area contributed by atoms with Gasteiger partial charge in [0.05, 0.1) is 0 Å². The first-order valence-electron chi connectivity index (χ1n) is 5.51. The average Bonchev–Trinajstić information content (AvgIpc) is 2.63. The fourth-order valence-corrected chi connectivity index (χ4v) is 2.52. The lowest BCUT2D eigenvalue weighted by molar-refractivity contribution is -0.131. The predicted octanol–water partition coefficient (Wildman–Crippen LogP) is 3.84. The fraction of sp³-hybridized carbons (Fsp3) is 0. The number of carbonyl (C=O) groups is 1. The van der Waals surface area contributed by atoms with Crippen molar-refractivity contribution in [2.75, 3.05) is 0 Å². The van der Waals surface area contributed by atoms with E-state index in [0.717, 1.165) is 27.8 Å². The van der Waals surface area contributed by atoms with Gasteiger partial charge in [0.25, 0.3) is 0 Å². The highest BCUT2D eigenvalue weighted by atomic mass is 35.5. The molecular formula is C15H9ClO2. The van der Waals surface area contributed by atoms with Gasteiger partial charge in [-0.05, 0) is 40.0 Å². The number of carboxylic acid groups (broad SMARTS) is 1. The molecule has 0 radical (unpaired) electrons. The first-order valence-corrected chi connectivity index (χ1v) is 5.89. The van der Waals surface area contributed by atoms with Crippen LogP contribution in [0.25, 0.3) is 16.7 Å². The van der Waals surface area contributed by atoms with Crippen LogP contribution >= 0.6 is 11.6 Å². The van der Waals surface area contributed by atoms with Crippen LogP contribution in [0.1, 0.15) is 11.1 Å². The highest BCUT2D eigenvalue weighted by Gasteiger charge is 2.23. The lowest BCUT2D eigenvalue weighted by atomic mass is 10.0. The number of hydrogen-bond acceptors (Lipinski definition) is 1. The monoisotopic (exact) mass is 256 g/mol. The van der Waals surface area contributed by atoms with Gasteiger partial charge < -0.3 is 5.11 Å². The van der Waals surface area contributed by atoms with Crippen LogP contribution in [0.5, 0.6) is 0 Å². The van der Waals surface area contributed by atoms with Crippen molar-refractivity contribution in [3.8, 4) is 11.1 Å². The van der Waals surface area contributed by atoms with Crippen molar-refractivity contribution in [2.45, 2.75) is 0 Å². The maximum Gasteiger partial charge on any atom is 0.328 e.